The minimum atomic E-state index is -4.01. The minimum Gasteiger partial charge on any atom is -0.242 e. The summed E-state index contributed by atoms with van der Waals surface area (Å²) in [6.07, 6.45) is -0.425. The van der Waals surface area contributed by atoms with Crippen LogP contribution in [0.3, 0.4) is 0 Å². The van der Waals surface area contributed by atoms with Crippen molar-refractivity contribution in [2.24, 2.45) is 0 Å². The fourth-order valence-electron chi connectivity index (χ4n) is 2.67. The van der Waals surface area contributed by atoms with Gasteiger partial charge in [0, 0.05) is 13.1 Å². The van der Waals surface area contributed by atoms with Gasteiger partial charge in [0.1, 0.15) is 12.2 Å². The predicted octanol–water partition coefficient (Wildman–Crippen LogP) is 0.808. The van der Waals surface area contributed by atoms with E-state index in [-0.39, 0.29) is 11.4 Å². The zero-order valence-electron chi connectivity index (χ0n) is 12.0. The average Bonchev–Trinajstić information content (AvgIpc) is 2.59. The Morgan fingerprint density at radius 3 is 2.45 bits per heavy atom. The Kier molecular flexibility index (Phi) is 4.02. The van der Waals surface area contributed by atoms with Crippen LogP contribution >= 0.6 is 0 Å². The van der Waals surface area contributed by atoms with Crippen molar-refractivity contribution in [3.05, 3.63) is 29.8 Å². The van der Waals surface area contributed by atoms with Crippen molar-refractivity contribution in [2.45, 2.75) is 36.9 Å². The Hall–Kier alpha value is -1.00. The first-order chi connectivity index (χ1) is 10.3. The third-order valence-corrected chi connectivity index (χ3v) is 6.68. The van der Waals surface area contributed by atoms with Crippen LogP contribution in [0.4, 0.5) is 0 Å². The predicted molar refractivity (Wildman–Crippen MR) is 77.8 cm³/mol. The van der Waals surface area contributed by atoms with Gasteiger partial charge in [0.15, 0.2) is 0 Å². The molecule has 122 valence electrons. The zero-order chi connectivity index (χ0) is 16.0. The summed E-state index contributed by atoms with van der Waals surface area (Å²) in [4.78, 5) is 0.193. The van der Waals surface area contributed by atoms with Gasteiger partial charge in [-0.2, -0.15) is 12.7 Å². The lowest BCUT2D eigenvalue weighted by atomic mass is 10.1. The fourth-order valence-corrected chi connectivity index (χ4v) is 5.22. The molecule has 2 saturated heterocycles. The maximum absolute atomic E-state index is 12.7. The summed E-state index contributed by atoms with van der Waals surface area (Å²) in [6.45, 7) is 2.16. The second kappa shape index (κ2) is 5.57. The second-order valence-electron chi connectivity index (χ2n) is 5.50. The first kappa shape index (κ1) is 15.9. The number of benzene rings is 1. The van der Waals surface area contributed by atoms with Crippen molar-refractivity contribution in [3.8, 4) is 0 Å². The van der Waals surface area contributed by atoms with Gasteiger partial charge in [0.2, 0.25) is 10.0 Å². The molecule has 22 heavy (non-hydrogen) atoms. The Morgan fingerprint density at radius 1 is 1.14 bits per heavy atom. The normalized spacial score (nSPS) is 29.0. The van der Waals surface area contributed by atoms with Gasteiger partial charge in [-0.05, 0) is 31.9 Å². The van der Waals surface area contributed by atoms with Crippen LogP contribution in [0, 0.1) is 6.92 Å². The van der Waals surface area contributed by atoms with Crippen molar-refractivity contribution < 1.29 is 25.2 Å². The Balaban J connectivity index is 1.86. The standard InChI is InChI=1S/C13H17NO6S2/c1-10-4-6-11(7-5-10)21(15,16)14-8-2-3-12-13(9-14)20-22(17,18)19-12/h4-7,12-13H,2-3,8-9H2,1H3/t12-,13+/m0/s1. The van der Waals surface area contributed by atoms with E-state index in [1.807, 2.05) is 6.92 Å². The number of fused-ring (bicyclic) bond motifs is 1. The Bertz CT molecular complexity index is 756. The number of hydrogen-bond donors (Lipinski definition) is 0. The summed E-state index contributed by atoms with van der Waals surface area (Å²) in [5.41, 5.74) is 0.966. The van der Waals surface area contributed by atoms with Gasteiger partial charge in [-0.15, -0.1) is 0 Å². The number of hydrogen-bond acceptors (Lipinski definition) is 6. The Morgan fingerprint density at radius 2 is 1.77 bits per heavy atom. The largest absolute Gasteiger partial charge is 0.400 e. The number of aryl methyl sites for hydroxylation is 1. The molecule has 0 radical (unpaired) electrons. The Labute approximate surface area is 130 Å². The van der Waals surface area contributed by atoms with Crippen LogP contribution in [0.25, 0.3) is 0 Å². The highest BCUT2D eigenvalue weighted by Gasteiger charge is 2.44. The lowest BCUT2D eigenvalue weighted by molar-refractivity contribution is 0.145. The smallest absolute Gasteiger partial charge is 0.242 e. The third-order valence-electron chi connectivity index (χ3n) is 3.84. The van der Waals surface area contributed by atoms with Crippen LogP contribution in [0.1, 0.15) is 18.4 Å². The average molecular weight is 347 g/mol. The van der Waals surface area contributed by atoms with Gasteiger partial charge in [0.25, 0.3) is 0 Å². The summed E-state index contributed by atoms with van der Waals surface area (Å²) in [5, 5.41) is 0. The van der Waals surface area contributed by atoms with Crippen LogP contribution in [0.2, 0.25) is 0 Å². The molecule has 2 aliphatic heterocycles. The summed E-state index contributed by atoms with van der Waals surface area (Å²) in [6, 6.07) is 6.56. The highest BCUT2D eigenvalue weighted by molar-refractivity contribution is 7.89. The van der Waals surface area contributed by atoms with E-state index in [2.05, 4.69) is 0 Å². The molecule has 0 aliphatic carbocycles. The van der Waals surface area contributed by atoms with Crippen molar-refractivity contribution >= 4 is 20.4 Å². The van der Waals surface area contributed by atoms with Crippen LogP contribution < -0.4 is 0 Å². The van der Waals surface area contributed by atoms with Crippen LogP contribution in [-0.2, 0) is 28.8 Å². The summed E-state index contributed by atoms with van der Waals surface area (Å²) < 4.78 is 59.1. The van der Waals surface area contributed by atoms with Crippen LogP contribution in [0.5, 0.6) is 0 Å². The van der Waals surface area contributed by atoms with Crippen molar-refractivity contribution in [3.63, 3.8) is 0 Å². The molecule has 1 aromatic carbocycles. The molecule has 7 nitrogen and oxygen atoms in total. The van der Waals surface area contributed by atoms with E-state index in [4.69, 9.17) is 8.37 Å². The number of rotatable bonds is 2. The van der Waals surface area contributed by atoms with E-state index in [9.17, 15) is 16.8 Å². The molecule has 9 heteroatoms. The lowest BCUT2D eigenvalue weighted by Gasteiger charge is -2.22. The lowest BCUT2D eigenvalue weighted by Crippen LogP contribution is -2.38. The van der Waals surface area contributed by atoms with Crippen LogP contribution in [-0.4, -0.2) is 46.4 Å². The number of sulfonamides is 1. The van der Waals surface area contributed by atoms with Crippen molar-refractivity contribution in [1.82, 2.24) is 4.31 Å². The molecule has 0 aromatic heterocycles. The summed E-state index contributed by atoms with van der Waals surface area (Å²) >= 11 is 0. The van der Waals surface area contributed by atoms with E-state index in [1.165, 1.54) is 4.31 Å². The van der Waals surface area contributed by atoms with E-state index in [0.29, 0.717) is 19.4 Å². The van der Waals surface area contributed by atoms with Crippen molar-refractivity contribution in [2.75, 3.05) is 13.1 Å². The molecular formula is C13H17NO6S2. The van der Waals surface area contributed by atoms with Gasteiger partial charge in [-0.25, -0.2) is 16.8 Å². The topological polar surface area (TPSA) is 90.0 Å². The minimum absolute atomic E-state index is 0.0277. The van der Waals surface area contributed by atoms with E-state index >= 15 is 0 Å². The molecule has 2 heterocycles. The van der Waals surface area contributed by atoms with Gasteiger partial charge in [-0.1, -0.05) is 17.7 Å². The van der Waals surface area contributed by atoms with Crippen LogP contribution in [0.15, 0.2) is 29.2 Å². The molecule has 0 saturated carbocycles. The van der Waals surface area contributed by atoms with E-state index in [1.54, 1.807) is 24.3 Å². The molecule has 2 aliphatic rings. The zero-order valence-corrected chi connectivity index (χ0v) is 13.6. The fraction of sp³-hybridized carbons (Fsp3) is 0.538. The van der Waals surface area contributed by atoms with Gasteiger partial charge < -0.3 is 0 Å². The number of nitrogens with zero attached hydrogens (tertiary/aromatic N) is 1. The first-order valence-electron chi connectivity index (χ1n) is 6.96. The molecule has 1 aromatic rings. The molecule has 3 rings (SSSR count). The molecule has 0 amide bonds. The molecule has 0 spiro atoms. The van der Waals surface area contributed by atoms with E-state index in [0.717, 1.165) is 5.56 Å². The molecule has 2 fully saturated rings. The third kappa shape index (κ3) is 3.04. The molecule has 0 unspecified atom stereocenters. The quantitative estimate of drug-likeness (QED) is 0.786. The highest BCUT2D eigenvalue weighted by Crippen LogP contribution is 2.29. The molecule has 2 atom stereocenters. The maximum Gasteiger partial charge on any atom is 0.400 e. The monoisotopic (exact) mass is 347 g/mol. The van der Waals surface area contributed by atoms with Crippen molar-refractivity contribution in [1.29, 1.82) is 0 Å². The maximum atomic E-state index is 12.7. The van der Waals surface area contributed by atoms with Gasteiger partial charge in [-0.3, -0.25) is 0 Å². The summed E-state index contributed by atoms with van der Waals surface area (Å²) in [5.74, 6) is 0. The van der Waals surface area contributed by atoms with Gasteiger partial charge in [0.05, 0.1) is 4.90 Å². The molecular weight excluding hydrogens is 330 g/mol. The SMILES string of the molecule is Cc1ccc(S(=O)(=O)N2CCC[C@@H]3OS(=O)(=O)O[C@@H]3C2)cc1. The van der Waals surface area contributed by atoms with Gasteiger partial charge >= 0.3 is 10.4 Å². The second-order valence-corrected chi connectivity index (χ2v) is 8.64. The molecule has 0 N–H and O–H groups in total. The highest BCUT2D eigenvalue weighted by atomic mass is 32.3. The van der Waals surface area contributed by atoms with E-state index < -0.39 is 32.6 Å². The summed E-state index contributed by atoms with van der Waals surface area (Å²) in [7, 11) is -7.68. The molecule has 0 bridgehead atoms. The first-order valence-corrected chi connectivity index (χ1v) is 9.74.